The van der Waals surface area contributed by atoms with Gasteiger partial charge in [0.1, 0.15) is 0 Å². The van der Waals surface area contributed by atoms with E-state index in [1.165, 1.54) is 71.6 Å². The molecule has 0 aliphatic heterocycles. The molecule has 3 heterocycles. The fourth-order valence-corrected chi connectivity index (χ4v) is 10.8. The number of aryl methyl sites for hydroxylation is 4. The van der Waals surface area contributed by atoms with Gasteiger partial charge in [0.25, 0.3) is 0 Å². The van der Waals surface area contributed by atoms with Crippen molar-refractivity contribution in [3.63, 3.8) is 0 Å². The number of hydrogen-bond acceptors (Lipinski definition) is 3. The second-order valence-electron chi connectivity index (χ2n) is 18.3. The number of nitrogens with zero attached hydrogens (tertiary/aromatic N) is 5. The van der Waals surface area contributed by atoms with Crippen LogP contribution in [0.2, 0.25) is 0 Å². The highest BCUT2D eigenvalue weighted by Gasteiger charge is 2.35. The van der Waals surface area contributed by atoms with Gasteiger partial charge >= 0.3 is 0 Å². The van der Waals surface area contributed by atoms with Crippen LogP contribution >= 0.6 is 0 Å². The van der Waals surface area contributed by atoms with Gasteiger partial charge < -0.3 is 9.13 Å². The highest BCUT2D eigenvalue weighted by atomic mass is 15.1. The Hall–Kier alpha value is -8.41. The predicted octanol–water partition coefficient (Wildman–Crippen LogP) is 15.5. The molecule has 5 heteroatoms. The summed E-state index contributed by atoms with van der Waals surface area (Å²) >= 11 is 0. The molecule has 0 saturated heterocycles. The maximum Gasteiger partial charge on any atom is 0.164 e. The normalized spacial score (nSPS) is 12.4. The molecule has 0 saturated carbocycles. The molecule has 12 aromatic rings. The number of rotatable bonds is 6. The Balaban J connectivity index is 1.25. The molecule has 1 aliphatic carbocycles. The van der Waals surface area contributed by atoms with Crippen molar-refractivity contribution in [1.82, 2.24) is 24.1 Å². The summed E-state index contributed by atoms with van der Waals surface area (Å²) in [5.41, 5.74) is 20.7. The van der Waals surface area contributed by atoms with Gasteiger partial charge in [-0.05, 0) is 111 Å². The fraction of sp³-hybridized carbons (Fsp3) is 0.0806. The molecule has 0 N–H and O–H groups in total. The Morgan fingerprint density at radius 1 is 0.328 bits per heavy atom. The highest BCUT2D eigenvalue weighted by Crippen LogP contribution is 2.53. The molecule has 0 bridgehead atoms. The molecule has 5 nitrogen and oxygen atoms in total. The van der Waals surface area contributed by atoms with E-state index in [4.69, 9.17) is 15.0 Å². The molecular formula is C62H45N5. The first-order valence-electron chi connectivity index (χ1n) is 23.1. The van der Waals surface area contributed by atoms with E-state index in [9.17, 15) is 0 Å². The highest BCUT2D eigenvalue weighted by molar-refractivity contribution is 6.12. The van der Waals surface area contributed by atoms with E-state index in [0.717, 1.165) is 50.1 Å². The van der Waals surface area contributed by atoms with Gasteiger partial charge in [-0.25, -0.2) is 15.0 Å². The molecule has 318 valence electrons. The average molecular weight is 860 g/mol. The molecule has 67 heavy (non-hydrogen) atoms. The second-order valence-corrected chi connectivity index (χ2v) is 18.3. The molecule has 0 unspecified atom stereocenters. The van der Waals surface area contributed by atoms with Crippen molar-refractivity contribution in [2.75, 3.05) is 0 Å². The maximum absolute atomic E-state index is 5.40. The van der Waals surface area contributed by atoms with Crippen LogP contribution in [0.25, 0.3) is 100 Å². The minimum atomic E-state index is -0.114. The van der Waals surface area contributed by atoms with Crippen LogP contribution in [0.5, 0.6) is 0 Å². The van der Waals surface area contributed by atoms with Gasteiger partial charge in [0.2, 0.25) is 0 Å². The second kappa shape index (κ2) is 15.1. The predicted molar refractivity (Wildman–Crippen MR) is 277 cm³/mol. The Kier molecular flexibility index (Phi) is 8.78. The topological polar surface area (TPSA) is 48.5 Å². The van der Waals surface area contributed by atoms with Gasteiger partial charge in [0, 0.05) is 49.7 Å². The van der Waals surface area contributed by atoms with E-state index in [1.54, 1.807) is 0 Å². The summed E-state index contributed by atoms with van der Waals surface area (Å²) in [7, 11) is 0. The van der Waals surface area contributed by atoms with Crippen molar-refractivity contribution in [3.05, 3.63) is 233 Å². The smallest absolute Gasteiger partial charge is 0.164 e. The van der Waals surface area contributed by atoms with E-state index in [0.29, 0.717) is 17.5 Å². The molecule has 3 aromatic heterocycles. The molecule has 1 aliphatic rings. The molecule has 0 radical (unpaired) electrons. The van der Waals surface area contributed by atoms with Crippen LogP contribution < -0.4 is 0 Å². The van der Waals surface area contributed by atoms with Crippen LogP contribution in [0.1, 0.15) is 44.9 Å². The lowest BCUT2D eigenvalue weighted by Gasteiger charge is -2.26. The van der Waals surface area contributed by atoms with Crippen LogP contribution in [0.3, 0.4) is 0 Å². The van der Waals surface area contributed by atoms with Gasteiger partial charge in [-0.15, -0.1) is 0 Å². The minimum Gasteiger partial charge on any atom is -0.309 e. The quantitative estimate of drug-likeness (QED) is 0.167. The molecule has 0 amide bonds. The summed E-state index contributed by atoms with van der Waals surface area (Å²) in [6.45, 7) is 8.76. The lowest BCUT2D eigenvalue weighted by molar-refractivity contribution is 0.954. The van der Waals surface area contributed by atoms with E-state index in [1.807, 2.05) is 36.4 Å². The van der Waals surface area contributed by atoms with Crippen LogP contribution in [0, 0.1) is 27.7 Å². The standard InChI is InChI=1S/C62H45N5/c1-37-23-27-52-48(31-37)49-32-38(2)24-28-53(49)66(52)56-35-43(62-64-60(41-15-7-5-8-16-41)63-61(65-62)42-17-9-6-10-18-42)36-57(59(56)58-46-21-13-11-19-44(46)45-20-12-14-22-47(45)58)67-54-29-25-39(3)33-50(54)51-34-40(4)26-30-55(51)67/h5-36,58H,1-4H3. The number of benzene rings is 9. The van der Waals surface area contributed by atoms with Crippen molar-refractivity contribution in [2.45, 2.75) is 33.6 Å². The first kappa shape index (κ1) is 39.0. The van der Waals surface area contributed by atoms with Crippen molar-refractivity contribution in [3.8, 4) is 56.7 Å². The third-order valence-corrected chi connectivity index (χ3v) is 13.9. The van der Waals surface area contributed by atoms with Crippen LogP contribution in [0.15, 0.2) is 194 Å². The Morgan fingerprint density at radius 2 is 0.657 bits per heavy atom. The largest absolute Gasteiger partial charge is 0.309 e. The lowest BCUT2D eigenvalue weighted by Crippen LogP contribution is -2.13. The van der Waals surface area contributed by atoms with Gasteiger partial charge in [0.05, 0.1) is 33.4 Å². The summed E-state index contributed by atoms with van der Waals surface area (Å²) in [6, 6.07) is 70.9. The molecule has 0 atom stereocenters. The zero-order valence-corrected chi connectivity index (χ0v) is 37.8. The Morgan fingerprint density at radius 3 is 1.03 bits per heavy atom. The van der Waals surface area contributed by atoms with Crippen molar-refractivity contribution in [1.29, 1.82) is 0 Å². The number of fused-ring (bicyclic) bond motifs is 9. The molecule has 13 rings (SSSR count). The summed E-state index contributed by atoms with van der Waals surface area (Å²) in [4.78, 5) is 15.9. The van der Waals surface area contributed by atoms with Crippen molar-refractivity contribution in [2.24, 2.45) is 0 Å². The number of aromatic nitrogens is 5. The van der Waals surface area contributed by atoms with Gasteiger partial charge in [-0.1, -0.05) is 156 Å². The fourth-order valence-electron chi connectivity index (χ4n) is 10.8. The summed E-state index contributed by atoms with van der Waals surface area (Å²) < 4.78 is 5.05. The average Bonchev–Trinajstić information content (AvgIpc) is 3.98. The van der Waals surface area contributed by atoms with Crippen LogP contribution in [0.4, 0.5) is 0 Å². The van der Waals surface area contributed by atoms with Gasteiger partial charge in [0.15, 0.2) is 17.5 Å². The lowest BCUT2D eigenvalue weighted by atomic mass is 9.85. The molecule has 0 fully saturated rings. The third-order valence-electron chi connectivity index (χ3n) is 13.9. The van der Waals surface area contributed by atoms with E-state index < -0.39 is 0 Å². The van der Waals surface area contributed by atoms with Gasteiger partial charge in [-0.3, -0.25) is 0 Å². The zero-order valence-electron chi connectivity index (χ0n) is 37.8. The first-order valence-corrected chi connectivity index (χ1v) is 23.1. The maximum atomic E-state index is 5.40. The molecular weight excluding hydrogens is 815 g/mol. The third kappa shape index (κ3) is 6.19. The van der Waals surface area contributed by atoms with Gasteiger partial charge in [-0.2, -0.15) is 0 Å². The monoisotopic (exact) mass is 859 g/mol. The number of hydrogen-bond donors (Lipinski definition) is 0. The molecule has 0 spiro atoms. The van der Waals surface area contributed by atoms with Crippen molar-refractivity contribution < 1.29 is 0 Å². The minimum absolute atomic E-state index is 0.114. The van der Waals surface area contributed by atoms with Crippen molar-refractivity contribution >= 4 is 43.6 Å². The molecule has 9 aromatic carbocycles. The van der Waals surface area contributed by atoms with Crippen LogP contribution in [-0.2, 0) is 0 Å². The Labute approximate surface area is 389 Å². The SMILES string of the molecule is Cc1ccc2c(c1)c1cc(C)ccc1n2-c1cc(-c2nc(-c3ccccc3)nc(-c3ccccc3)n2)cc(-n2c3ccc(C)cc3c3cc(C)ccc32)c1C1c2ccccc2-c2ccccc21. The zero-order chi connectivity index (χ0) is 44.9. The Bertz CT molecular complexity index is 3600. The first-order chi connectivity index (χ1) is 32.9. The van der Waals surface area contributed by atoms with E-state index in [-0.39, 0.29) is 5.92 Å². The van der Waals surface area contributed by atoms with E-state index in [2.05, 4.69) is 195 Å². The summed E-state index contributed by atoms with van der Waals surface area (Å²) in [5, 5.41) is 4.91. The summed E-state index contributed by atoms with van der Waals surface area (Å²) in [5.74, 6) is 1.74. The van der Waals surface area contributed by atoms with E-state index >= 15 is 0 Å². The summed E-state index contributed by atoms with van der Waals surface area (Å²) in [6.07, 6.45) is 0. The van der Waals surface area contributed by atoms with Crippen LogP contribution in [-0.4, -0.2) is 24.1 Å².